The summed E-state index contributed by atoms with van der Waals surface area (Å²) in [4.78, 5) is 4.24. The molecule has 2 aliphatic rings. The van der Waals surface area contributed by atoms with Crippen LogP contribution >= 0.6 is 0 Å². The van der Waals surface area contributed by atoms with Crippen LogP contribution in [0.1, 0.15) is 6.92 Å². The van der Waals surface area contributed by atoms with E-state index in [1.807, 2.05) is 19.2 Å². The fraction of sp³-hybridized carbons (Fsp3) is 0.286. The van der Waals surface area contributed by atoms with Crippen molar-refractivity contribution in [2.75, 3.05) is 0 Å². The van der Waals surface area contributed by atoms with Gasteiger partial charge in [0.2, 0.25) is 6.29 Å². The van der Waals surface area contributed by atoms with Crippen molar-refractivity contribution >= 4 is 17.8 Å². The van der Waals surface area contributed by atoms with Crippen LogP contribution in [0.25, 0.3) is 0 Å². The van der Waals surface area contributed by atoms with Gasteiger partial charge in [0.05, 0.1) is 6.21 Å². The highest BCUT2D eigenvalue weighted by molar-refractivity contribution is 6.28. The third-order valence-corrected chi connectivity index (χ3v) is 1.65. The van der Waals surface area contributed by atoms with Crippen molar-refractivity contribution in [3.63, 3.8) is 0 Å². The molecule has 0 saturated heterocycles. The average Bonchev–Trinajstić information content (AvgIpc) is 2.03. The van der Waals surface area contributed by atoms with E-state index in [2.05, 4.69) is 15.4 Å². The van der Waals surface area contributed by atoms with Crippen molar-refractivity contribution in [2.24, 2.45) is 10.1 Å². The number of rotatable bonds is 0. The van der Waals surface area contributed by atoms with Gasteiger partial charge in [-0.05, 0) is 13.0 Å². The van der Waals surface area contributed by atoms with Crippen molar-refractivity contribution < 1.29 is 0 Å². The van der Waals surface area contributed by atoms with E-state index in [9.17, 15) is 0 Å². The van der Waals surface area contributed by atoms with Crippen LogP contribution in [0, 0.1) is 5.41 Å². The summed E-state index contributed by atoms with van der Waals surface area (Å²) >= 11 is 0. The molecule has 2 heterocycles. The van der Waals surface area contributed by atoms with E-state index < -0.39 is 0 Å². The molecule has 0 bridgehead atoms. The first-order valence-corrected chi connectivity index (χ1v) is 3.66. The van der Waals surface area contributed by atoms with Gasteiger partial charge in [-0.15, -0.1) is 0 Å². The lowest BCUT2D eigenvalue weighted by atomic mass is 10.3. The molecule has 0 aromatic carbocycles. The molecular weight excluding hydrogens is 154 g/mol. The lowest BCUT2D eigenvalue weighted by Gasteiger charge is -2.29. The standard InChI is InChI=1S/C7H9N5/c1-5-2-3-12-7(10-5)11-6(8)4-9-12/h2-4,7H,1H3,(H2,8,11). The quantitative estimate of drug-likeness (QED) is 0.533. The first kappa shape index (κ1) is 7.02. The van der Waals surface area contributed by atoms with Gasteiger partial charge < -0.3 is 5.32 Å². The molecule has 62 valence electrons. The monoisotopic (exact) mass is 163 g/mol. The van der Waals surface area contributed by atoms with Gasteiger partial charge in [0.25, 0.3) is 0 Å². The first-order chi connectivity index (χ1) is 5.75. The highest BCUT2D eigenvalue weighted by atomic mass is 15.6. The summed E-state index contributed by atoms with van der Waals surface area (Å²) in [6, 6.07) is 0. The van der Waals surface area contributed by atoms with Crippen molar-refractivity contribution in [2.45, 2.75) is 13.2 Å². The van der Waals surface area contributed by atoms with E-state index in [1.165, 1.54) is 6.21 Å². The number of nitrogens with one attached hydrogen (secondary N) is 2. The first-order valence-electron chi connectivity index (χ1n) is 3.66. The Morgan fingerprint density at radius 3 is 3.33 bits per heavy atom. The molecule has 0 spiro atoms. The maximum atomic E-state index is 7.30. The predicted molar refractivity (Wildman–Crippen MR) is 47.2 cm³/mol. The molecule has 0 fully saturated rings. The minimum atomic E-state index is -0.229. The average molecular weight is 163 g/mol. The third kappa shape index (κ3) is 1.09. The number of fused-ring (bicyclic) bond motifs is 1. The number of hydrogen-bond donors (Lipinski definition) is 2. The lowest BCUT2D eigenvalue weighted by molar-refractivity contribution is 0.271. The van der Waals surface area contributed by atoms with Crippen LogP contribution in [0.15, 0.2) is 22.4 Å². The number of hydrogen-bond acceptors (Lipinski definition) is 4. The van der Waals surface area contributed by atoms with Gasteiger partial charge in [0, 0.05) is 11.9 Å². The third-order valence-electron chi connectivity index (χ3n) is 1.65. The molecule has 0 aromatic rings. The van der Waals surface area contributed by atoms with Crippen LogP contribution in [-0.4, -0.2) is 29.1 Å². The van der Waals surface area contributed by atoms with Crippen LogP contribution in [-0.2, 0) is 0 Å². The number of allylic oxidation sites excluding steroid dienone is 1. The minimum absolute atomic E-state index is 0.229. The van der Waals surface area contributed by atoms with Crippen LogP contribution in [0.4, 0.5) is 0 Å². The fourth-order valence-corrected chi connectivity index (χ4v) is 1.06. The molecule has 0 amide bonds. The topological polar surface area (TPSA) is 63.8 Å². The molecule has 0 radical (unpaired) electrons. The Morgan fingerprint density at radius 2 is 2.50 bits per heavy atom. The van der Waals surface area contributed by atoms with Crippen molar-refractivity contribution in [3.05, 3.63) is 12.3 Å². The molecule has 0 saturated carbocycles. The molecule has 12 heavy (non-hydrogen) atoms. The minimum Gasteiger partial charge on any atom is -0.329 e. The van der Waals surface area contributed by atoms with Gasteiger partial charge in [0.15, 0.2) is 0 Å². The van der Waals surface area contributed by atoms with E-state index in [1.54, 1.807) is 5.01 Å². The Bertz CT molecular complexity index is 301. The molecular formula is C7H9N5. The number of aliphatic imine (C=N–C) groups is 1. The second-order valence-electron chi connectivity index (χ2n) is 2.64. The second-order valence-corrected chi connectivity index (χ2v) is 2.64. The lowest BCUT2D eigenvalue weighted by Crippen LogP contribution is -2.48. The van der Waals surface area contributed by atoms with Crippen molar-refractivity contribution in [3.8, 4) is 0 Å². The summed E-state index contributed by atoms with van der Waals surface area (Å²) < 4.78 is 0. The van der Waals surface area contributed by atoms with Gasteiger partial charge in [-0.2, -0.15) is 5.10 Å². The largest absolute Gasteiger partial charge is 0.329 e. The summed E-state index contributed by atoms with van der Waals surface area (Å²) in [7, 11) is 0. The fourth-order valence-electron chi connectivity index (χ4n) is 1.06. The summed E-state index contributed by atoms with van der Waals surface area (Å²) in [5.41, 5.74) is 0.939. The predicted octanol–water partition coefficient (Wildman–Crippen LogP) is 0.126. The Kier molecular flexibility index (Phi) is 1.43. The molecule has 1 atom stereocenters. The normalized spacial score (nSPS) is 26.4. The molecule has 2 rings (SSSR count). The summed E-state index contributed by atoms with van der Waals surface area (Å²) in [5.74, 6) is 0.295. The number of hydrazone groups is 1. The summed E-state index contributed by atoms with van der Waals surface area (Å²) in [6.07, 6.45) is 4.94. The van der Waals surface area contributed by atoms with E-state index in [-0.39, 0.29) is 6.29 Å². The van der Waals surface area contributed by atoms with Crippen molar-refractivity contribution in [1.82, 2.24) is 10.3 Å². The Morgan fingerprint density at radius 1 is 1.67 bits per heavy atom. The maximum absolute atomic E-state index is 7.30. The zero-order valence-corrected chi connectivity index (χ0v) is 6.65. The van der Waals surface area contributed by atoms with Gasteiger partial charge in [-0.25, -0.2) is 10.0 Å². The molecule has 0 aromatic heterocycles. The highest BCUT2D eigenvalue weighted by Gasteiger charge is 2.20. The summed E-state index contributed by atoms with van der Waals surface area (Å²) in [5, 5.41) is 15.8. The highest BCUT2D eigenvalue weighted by Crippen LogP contribution is 2.08. The maximum Gasteiger partial charge on any atom is 0.216 e. The van der Waals surface area contributed by atoms with Gasteiger partial charge >= 0.3 is 0 Å². The van der Waals surface area contributed by atoms with Gasteiger partial charge in [-0.1, -0.05) is 0 Å². The SMILES string of the molecule is CC1=NC2NC(=N)C=NN2C=C1. The molecule has 5 heteroatoms. The van der Waals surface area contributed by atoms with E-state index in [4.69, 9.17) is 5.41 Å². The molecule has 0 aliphatic carbocycles. The summed E-state index contributed by atoms with van der Waals surface area (Å²) in [6.45, 7) is 1.91. The van der Waals surface area contributed by atoms with Gasteiger partial charge in [0.1, 0.15) is 5.84 Å². The molecule has 1 unspecified atom stereocenters. The Hall–Kier alpha value is -1.65. The Balaban J connectivity index is 2.27. The van der Waals surface area contributed by atoms with E-state index >= 15 is 0 Å². The zero-order chi connectivity index (χ0) is 8.55. The van der Waals surface area contributed by atoms with Gasteiger partial charge in [-0.3, -0.25) is 5.41 Å². The Labute approximate surface area is 70.0 Å². The van der Waals surface area contributed by atoms with Crippen LogP contribution in [0.3, 0.4) is 0 Å². The van der Waals surface area contributed by atoms with Crippen LogP contribution in [0.2, 0.25) is 0 Å². The zero-order valence-electron chi connectivity index (χ0n) is 6.65. The second kappa shape index (κ2) is 2.44. The molecule has 2 N–H and O–H groups in total. The van der Waals surface area contributed by atoms with Crippen molar-refractivity contribution in [1.29, 1.82) is 5.41 Å². The smallest absolute Gasteiger partial charge is 0.216 e. The number of nitrogens with zero attached hydrogens (tertiary/aromatic N) is 3. The number of amidine groups is 1. The van der Waals surface area contributed by atoms with E-state index in [0.717, 1.165) is 5.71 Å². The molecule has 5 nitrogen and oxygen atoms in total. The van der Waals surface area contributed by atoms with Crippen LogP contribution < -0.4 is 5.32 Å². The van der Waals surface area contributed by atoms with E-state index in [0.29, 0.717) is 5.84 Å². The molecule has 2 aliphatic heterocycles. The van der Waals surface area contributed by atoms with Crippen LogP contribution in [0.5, 0.6) is 0 Å².